The van der Waals surface area contributed by atoms with Gasteiger partial charge in [-0.25, -0.2) is 4.39 Å². The third-order valence-corrected chi connectivity index (χ3v) is 2.97. The van der Waals surface area contributed by atoms with Crippen LogP contribution in [0.3, 0.4) is 0 Å². The molecule has 0 spiro atoms. The van der Waals surface area contributed by atoms with Crippen molar-refractivity contribution in [1.82, 2.24) is 5.43 Å². The molecule has 0 aliphatic carbocycles. The van der Waals surface area contributed by atoms with E-state index in [0.29, 0.717) is 10.6 Å². The van der Waals surface area contributed by atoms with Crippen LogP contribution in [0.25, 0.3) is 0 Å². The van der Waals surface area contributed by atoms with Gasteiger partial charge in [-0.15, -0.1) is 0 Å². The summed E-state index contributed by atoms with van der Waals surface area (Å²) in [5.74, 6) is 5.32. The van der Waals surface area contributed by atoms with Crippen LogP contribution in [0.5, 0.6) is 0 Å². The first-order chi connectivity index (χ1) is 8.01. The fourth-order valence-corrected chi connectivity index (χ4v) is 2.07. The van der Waals surface area contributed by atoms with Gasteiger partial charge < -0.3 is 4.74 Å². The molecule has 0 amide bonds. The van der Waals surface area contributed by atoms with Gasteiger partial charge in [0.1, 0.15) is 5.82 Å². The first kappa shape index (κ1) is 14.4. The molecule has 0 aromatic heterocycles. The van der Waals surface area contributed by atoms with Gasteiger partial charge in [0.2, 0.25) is 0 Å². The van der Waals surface area contributed by atoms with E-state index in [1.807, 2.05) is 13.8 Å². The Morgan fingerprint density at radius 3 is 2.47 bits per heavy atom. The van der Waals surface area contributed by atoms with Gasteiger partial charge in [0.15, 0.2) is 0 Å². The molecular weight excluding hydrogens is 243 g/mol. The largest absolute Gasteiger partial charge is 0.379 e. The lowest BCUT2D eigenvalue weighted by Crippen LogP contribution is -2.40. The minimum atomic E-state index is -0.405. The molecule has 1 rings (SSSR count). The van der Waals surface area contributed by atoms with Crippen LogP contribution in [-0.2, 0) is 4.74 Å². The second-order valence-corrected chi connectivity index (χ2v) is 4.69. The van der Waals surface area contributed by atoms with E-state index in [9.17, 15) is 4.39 Å². The highest BCUT2D eigenvalue weighted by Gasteiger charge is 2.27. The molecule has 0 saturated heterocycles. The number of hydrogen-bond acceptors (Lipinski definition) is 3. The summed E-state index contributed by atoms with van der Waals surface area (Å²) in [5, 5.41) is 0.362. The van der Waals surface area contributed by atoms with Gasteiger partial charge in [0, 0.05) is 17.7 Å². The van der Waals surface area contributed by atoms with Crippen molar-refractivity contribution < 1.29 is 9.13 Å². The summed E-state index contributed by atoms with van der Waals surface area (Å²) in [6, 6.07) is 4.12. The standard InChI is InChI=1S/C12H18ClFN2O/c1-7(2)12(17-3)11(16-15)9-5-4-8(13)6-10(9)14/h4-7,11-12,16H,15H2,1-3H3. The Kier molecular flexibility index (Phi) is 5.33. The zero-order valence-corrected chi connectivity index (χ0v) is 11.0. The highest BCUT2D eigenvalue weighted by atomic mass is 35.5. The van der Waals surface area contributed by atoms with E-state index in [0.717, 1.165) is 0 Å². The first-order valence-corrected chi connectivity index (χ1v) is 5.83. The summed E-state index contributed by atoms with van der Waals surface area (Å²) >= 11 is 5.72. The Morgan fingerprint density at radius 2 is 2.06 bits per heavy atom. The van der Waals surface area contributed by atoms with Gasteiger partial charge >= 0.3 is 0 Å². The third-order valence-electron chi connectivity index (χ3n) is 2.73. The number of methoxy groups -OCH3 is 1. The van der Waals surface area contributed by atoms with Gasteiger partial charge in [-0.1, -0.05) is 31.5 Å². The molecular formula is C12H18ClFN2O. The molecule has 0 heterocycles. The average Bonchev–Trinajstić information content (AvgIpc) is 2.26. The number of nitrogens with one attached hydrogen (secondary N) is 1. The summed E-state index contributed by atoms with van der Waals surface area (Å²) in [6.45, 7) is 3.98. The van der Waals surface area contributed by atoms with Crippen LogP contribution in [-0.4, -0.2) is 13.2 Å². The summed E-state index contributed by atoms with van der Waals surface area (Å²) in [7, 11) is 1.59. The Hall–Kier alpha value is -0.680. The van der Waals surface area contributed by atoms with Gasteiger partial charge in [-0.2, -0.15) is 0 Å². The summed E-state index contributed by atoms with van der Waals surface area (Å²) in [6.07, 6.45) is -0.212. The molecule has 3 N–H and O–H groups in total. The molecule has 96 valence electrons. The lowest BCUT2D eigenvalue weighted by atomic mass is 9.93. The maximum Gasteiger partial charge on any atom is 0.129 e. The number of ether oxygens (including phenoxy) is 1. The van der Waals surface area contributed by atoms with Crippen LogP contribution in [0.4, 0.5) is 4.39 Å². The predicted molar refractivity (Wildman–Crippen MR) is 67.1 cm³/mol. The molecule has 0 fully saturated rings. The maximum absolute atomic E-state index is 13.8. The Labute approximate surface area is 106 Å². The number of rotatable bonds is 5. The van der Waals surface area contributed by atoms with Crippen LogP contribution in [0.15, 0.2) is 18.2 Å². The van der Waals surface area contributed by atoms with Crippen molar-refractivity contribution in [2.24, 2.45) is 11.8 Å². The second kappa shape index (κ2) is 6.31. The van der Waals surface area contributed by atoms with Crippen molar-refractivity contribution in [3.63, 3.8) is 0 Å². The van der Waals surface area contributed by atoms with Gasteiger partial charge in [0.25, 0.3) is 0 Å². The smallest absolute Gasteiger partial charge is 0.129 e. The SMILES string of the molecule is COC(C(C)C)C(NN)c1ccc(Cl)cc1F. The fraction of sp³-hybridized carbons (Fsp3) is 0.500. The molecule has 0 radical (unpaired) electrons. The number of halogens is 2. The molecule has 1 aromatic carbocycles. The number of nitrogens with two attached hydrogens (primary N) is 1. The van der Waals surface area contributed by atoms with Crippen molar-refractivity contribution >= 4 is 11.6 Å². The topological polar surface area (TPSA) is 47.3 Å². The van der Waals surface area contributed by atoms with E-state index in [1.54, 1.807) is 19.2 Å². The molecule has 0 bridgehead atoms. The Bertz CT molecular complexity index is 374. The van der Waals surface area contributed by atoms with Crippen LogP contribution < -0.4 is 11.3 Å². The third kappa shape index (κ3) is 3.39. The van der Waals surface area contributed by atoms with Crippen molar-refractivity contribution in [2.45, 2.75) is 26.0 Å². The number of benzene rings is 1. The van der Waals surface area contributed by atoms with Crippen LogP contribution >= 0.6 is 11.6 Å². The van der Waals surface area contributed by atoms with Crippen molar-refractivity contribution in [1.29, 1.82) is 0 Å². The molecule has 0 saturated carbocycles. The van der Waals surface area contributed by atoms with Crippen LogP contribution in [0.2, 0.25) is 5.02 Å². The maximum atomic E-state index is 13.8. The number of hydrazine groups is 1. The molecule has 17 heavy (non-hydrogen) atoms. The van der Waals surface area contributed by atoms with Gasteiger partial charge in [-0.3, -0.25) is 11.3 Å². The molecule has 2 unspecified atom stereocenters. The van der Waals surface area contributed by atoms with E-state index in [1.165, 1.54) is 6.07 Å². The molecule has 0 aliphatic heterocycles. The second-order valence-electron chi connectivity index (χ2n) is 4.25. The van der Waals surface area contributed by atoms with Crippen LogP contribution in [0.1, 0.15) is 25.5 Å². The normalized spacial score (nSPS) is 15.0. The predicted octanol–water partition coefficient (Wildman–Crippen LogP) is 2.65. The molecule has 1 aromatic rings. The lowest BCUT2D eigenvalue weighted by Gasteiger charge is -2.29. The Morgan fingerprint density at radius 1 is 1.41 bits per heavy atom. The van der Waals surface area contributed by atoms with Crippen molar-refractivity contribution in [2.75, 3.05) is 7.11 Å². The van der Waals surface area contributed by atoms with Gasteiger partial charge in [-0.05, 0) is 18.1 Å². The van der Waals surface area contributed by atoms with Crippen LogP contribution in [0, 0.1) is 11.7 Å². The minimum Gasteiger partial charge on any atom is -0.379 e. The molecule has 3 nitrogen and oxygen atoms in total. The quantitative estimate of drug-likeness (QED) is 0.632. The molecule has 2 atom stereocenters. The zero-order valence-electron chi connectivity index (χ0n) is 10.2. The zero-order chi connectivity index (χ0) is 13.0. The summed E-state index contributed by atoms with van der Waals surface area (Å²) in [4.78, 5) is 0. The lowest BCUT2D eigenvalue weighted by molar-refractivity contribution is 0.0316. The van der Waals surface area contributed by atoms with Crippen molar-refractivity contribution in [3.05, 3.63) is 34.6 Å². The average molecular weight is 261 g/mol. The van der Waals surface area contributed by atoms with E-state index in [-0.39, 0.29) is 17.8 Å². The monoisotopic (exact) mass is 260 g/mol. The van der Waals surface area contributed by atoms with E-state index in [2.05, 4.69) is 5.43 Å². The summed E-state index contributed by atoms with van der Waals surface area (Å²) < 4.78 is 19.2. The van der Waals surface area contributed by atoms with E-state index >= 15 is 0 Å². The minimum absolute atomic E-state index is 0.205. The van der Waals surface area contributed by atoms with E-state index in [4.69, 9.17) is 22.2 Å². The van der Waals surface area contributed by atoms with Crippen molar-refractivity contribution in [3.8, 4) is 0 Å². The molecule has 5 heteroatoms. The highest BCUT2D eigenvalue weighted by molar-refractivity contribution is 6.30. The Balaban J connectivity index is 3.08. The summed E-state index contributed by atoms with van der Waals surface area (Å²) in [5.41, 5.74) is 3.06. The molecule has 0 aliphatic rings. The number of hydrogen-bond donors (Lipinski definition) is 2. The first-order valence-electron chi connectivity index (χ1n) is 5.45. The van der Waals surface area contributed by atoms with E-state index < -0.39 is 6.04 Å². The fourth-order valence-electron chi connectivity index (χ4n) is 1.91. The van der Waals surface area contributed by atoms with Gasteiger partial charge in [0.05, 0.1) is 12.1 Å². The highest BCUT2D eigenvalue weighted by Crippen LogP contribution is 2.27.